The third-order valence-electron chi connectivity index (χ3n) is 3.27. The lowest BCUT2D eigenvalue weighted by Gasteiger charge is -2.24. The van der Waals surface area contributed by atoms with E-state index in [1.54, 1.807) is 18.3 Å². The van der Waals surface area contributed by atoms with Crippen molar-refractivity contribution in [3.8, 4) is 11.6 Å². The maximum Gasteiger partial charge on any atom is 0.238 e. The van der Waals surface area contributed by atoms with Crippen LogP contribution in [0, 0.1) is 6.92 Å². The van der Waals surface area contributed by atoms with Gasteiger partial charge in [0.15, 0.2) is 0 Å². The van der Waals surface area contributed by atoms with Crippen molar-refractivity contribution in [1.82, 2.24) is 15.5 Å². The molecule has 2 heterocycles. The minimum Gasteiger partial charge on any atom is -0.437 e. The summed E-state index contributed by atoms with van der Waals surface area (Å²) in [5, 5.41) is 11.1. The summed E-state index contributed by atoms with van der Waals surface area (Å²) < 4.78 is 11.6. The van der Waals surface area contributed by atoms with Crippen molar-refractivity contribution in [3.63, 3.8) is 0 Å². The van der Waals surface area contributed by atoms with Gasteiger partial charge < -0.3 is 14.8 Å². The number of hydrogen-bond acceptors (Lipinski definition) is 5. The van der Waals surface area contributed by atoms with E-state index in [1.807, 2.05) is 19.1 Å². The Morgan fingerprint density at radius 1 is 1.35 bits per heavy atom. The molecule has 5 heteroatoms. The third kappa shape index (κ3) is 2.95. The molecule has 0 bridgehead atoms. The zero-order valence-corrected chi connectivity index (χ0v) is 11.4. The minimum atomic E-state index is 0.0774. The van der Waals surface area contributed by atoms with Crippen LogP contribution in [-0.4, -0.2) is 29.9 Å². The number of ether oxygens (including phenoxy) is 2. The lowest BCUT2D eigenvalue weighted by Crippen LogP contribution is -2.33. The largest absolute Gasteiger partial charge is 0.437 e. The summed E-state index contributed by atoms with van der Waals surface area (Å²) >= 11 is 0. The molecule has 20 heavy (non-hydrogen) atoms. The summed E-state index contributed by atoms with van der Waals surface area (Å²) in [4.78, 5) is 0. The second-order valence-electron chi connectivity index (χ2n) is 4.75. The molecule has 0 radical (unpaired) electrons. The van der Waals surface area contributed by atoms with Gasteiger partial charge >= 0.3 is 0 Å². The fourth-order valence-corrected chi connectivity index (χ4v) is 2.16. The summed E-state index contributed by atoms with van der Waals surface area (Å²) in [5.41, 5.74) is 2.17. The van der Waals surface area contributed by atoms with Crippen LogP contribution in [0.5, 0.6) is 11.6 Å². The van der Waals surface area contributed by atoms with E-state index in [9.17, 15) is 0 Å². The van der Waals surface area contributed by atoms with Crippen LogP contribution >= 0.6 is 0 Å². The van der Waals surface area contributed by atoms with Crippen LogP contribution < -0.4 is 10.1 Å². The minimum absolute atomic E-state index is 0.0774. The molecule has 1 atom stereocenters. The first kappa shape index (κ1) is 13.0. The molecule has 1 fully saturated rings. The molecule has 2 aromatic rings. The number of morpholine rings is 1. The molecule has 1 aromatic carbocycles. The molecule has 0 unspecified atom stereocenters. The highest BCUT2D eigenvalue weighted by atomic mass is 16.5. The molecule has 0 aliphatic carbocycles. The van der Waals surface area contributed by atoms with E-state index in [-0.39, 0.29) is 6.10 Å². The number of rotatable bonds is 3. The molecule has 3 rings (SSSR count). The Hall–Kier alpha value is -1.98. The average Bonchev–Trinajstić information content (AvgIpc) is 2.51. The van der Waals surface area contributed by atoms with Gasteiger partial charge in [-0.1, -0.05) is 12.1 Å². The maximum atomic E-state index is 5.79. The van der Waals surface area contributed by atoms with Gasteiger partial charge in [0.2, 0.25) is 5.88 Å². The summed E-state index contributed by atoms with van der Waals surface area (Å²) in [7, 11) is 0. The molecule has 0 saturated carbocycles. The highest BCUT2D eigenvalue weighted by Crippen LogP contribution is 2.28. The van der Waals surface area contributed by atoms with Crippen LogP contribution in [-0.2, 0) is 4.74 Å². The first-order chi connectivity index (χ1) is 9.83. The van der Waals surface area contributed by atoms with Crippen LogP contribution in [0.15, 0.2) is 36.5 Å². The van der Waals surface area contributed by atoms with E-state index >= 15 is 0 Å². The van der Waals surface area contributed by atoms with Crippen LogP contribution in [0.1, 0.15) is 17.2 Å². The second-order valence-corrected chi connectivity index (χ2v) is 4.75. The van der Waals surface area contributed by atoms with Crippen LogP contribution in [0.2, 0.25) is 0 Å². The van der Waals surface area contributed by atoms with E-state index in [1.165, 1.54) is 0 Å². The summed E-state index contributed by atoms with van der Waals surface area (Å²) in [6.45, 7) is 4.48. The van der Waals surface area contributed by atoms with Crippen molar-refractivity contribution >= 4 is 0 Å². The third-order valence-corrected chi connectivity index (χ3v) is 3.27. The molecule has 1 aliphatic rings. The van der Waals surface area contributed by atoms with E-state index in [0.717, 1.165) is 36.6 Å². The molecule has 1 aliphatic heterocycles. The molecular formula is C15H17N3O2. The Kier molecular flexibility index (Phi) is 3.90. The second kappa shape index (κ2) is 5.98. The van der Waals surface area contributed by atoms with Crippen LogP contribution in [0.3, 0.4) is 0 Å². The van der Waals surface area contributed by atoms with Gasteiger partial charge in [0.1, 0.15) is 5.75 Å². The Balaban J connectivity index is 1.83. The first-order valence-corrected chi connectivity index (χ1v) is 6.71. The Labute approximate surface area is 117 Å². The molecule has 104 valence electrons. The van der Waals surface area contributed by atoms with Gasteiger partial charge in [-0.15, -0.1) is 5.10 Å². The van der Waals surface area contributed by atoms with E-state index in [4.69, 9.17) is 9.47 Å². The Morgan fingerprint density at radius 2 is 2.30 bits per heavy atom. The quantitative estimate of drug-likeness (QED) is 0.927. The van der Waals surface area contributed by atoms with E-state index in [2.05, 4.69) is 21.6 Å². The number of benzene rings is 1. The molecule has 5 nitrogen and oxygen atoms in total. The molecule has 1 aromatic heterocycles. The lowest BCUT2D eigenvalue weighted by molar-refractivity contribution is 0.0276. The molecule has 1 N–H and O–H groups in total. The highest BCUT2D eigenvalue weighted by Gasteiger charge is 2.17. The monoisotopic (exact) mass is 271 g/mol. The fourth-order valence-electron chi connectivity index (χ4n) is 2.16. The van der Waals surface area contributed by atoms with Crippen LogP contribution in [0.25, 0.3) is 0 Å². The lowest BCUT2D eigenvalue weighted by atomic mass is 10.1. The number of nitrogens with zero attached hydrogens (tertiary/aromatic N) is 2. The van der Waals surface area contributed by atoms with Gasteiger partial charge in [-0.2, -0.15) is 5.10 Å². The Morgan fingerprint density at radius 3 is 3.05 bits per heavy atom. The molecule has 0 spiro atoms. The summed E-state index contributed by atoms with van der Waals surface area (Å²) in [5.74, 6) is 1.28. The van der Waals surface area contributed by atoms with Crippen molar-refractivity contribution in [2.75, 3.05) is 19.7 Å². The molecule has 1 saturated heterocycles. The first-order valence-electron chi connectivity index (χ1n) is 6.71. The van der Waals surface area contributed by atoms with Crippen molar-refractivity contribution in [2.45, 2.75) is 13.0 Å². The zero-order valence-electron chi connectivity index (χ0n) is 11.4. The van der Waals surface area contributed by atoms with E-state index in [0.29, 0.717) is 5.88 Å². The molecule has 0 amide bonds. The fraction of sp³-hybridized carbons (Fsp3) is 0.333. The normalized spacial score (nSPS) is 18.8. The number of hydrogen-bond donors (Lipinski definition) is 1. The predicted molar refractivity (Wildman–Crippen MR) is 74.8 cm³/mol. The topological polar surface area (TPSA) is 56.3 Å². The van der Waals surface area contributed by atoms with Crippen molar-refractivity contribution < 1.29 is 9.47 Å². The van der Waals surface area contributed by atoms with Gasteiger partial charge in [0.05, 0.1) is 12.7 Å². The summed E-state index contributed by atoms with van der Waals surface area (Å²) in [6.07, 6.45) is 1.70. The highest BCUT2D eigenvalue weighted by molar-refractivity contribution is 5.39. The van der Waals surface area contributed by atoms with Gasteiger partial charge in [0.25, 0.3) is 0 Å². The van der Waals surface area contributed by atoms with Crippen molar-refractivity contribution in [2.24, 2.45) is 0 Å². The maximum absolute atomic E-state index is 5.79. The SMILES string of the molecule is Cc1ccc([C@@H]2CNCCO2)cc1Oc1cccnn1. The number of aromatic nitrogens is 2. The van der Waals surface area contributed by atoms with Gasteiger partial charge in [-0.05, 0) is 30.2 Å². The molecular weight excluding hydrogens is 254 g/mol. The van der Waals surface area contributed by atoms with E-state index < -0.39 is 0 Å². The van der Waals surface area contributed by atoms with Gasteiger partial charge in [0, 0.05) is 25.4 Å². The zero-order chi connectivity index (χ0) is 13.8. The van der Waals surface area contributed by atoms with Gasteiger partial charge in [-0.25, -0.2) is 0 Å². The van der Waals surface area contributed by atoms with Crippen molar-refractivity contribution in [1.29, 1.82) is 0 Å². The van der Waals surface area contributed by atoms with Gasteiger partial charge in [-0.3, -0.25) is 0 Å². The standard InChI is InChI=1S/C15H17N3O2/c1-11-4-5-12(14-10-16-7-8-19-14)9-13(11)20-15-3-2-6-17-18-15/h2-6,9,14,16H,7-8,10H2,1H3/t14-/m0/s1. The van der Waals surface area contributed by atoms with Crippen molar-refractivity contribution in [3.05, 3.63) is 47.7 Å². The predicted octanol–water partition coefficient (Wildman–Crippen LogP) is 2.24. The Bertz CT molecular complexity index is 569. The van der Waals surface area contributed by atoms with Crippen LogP contribution in [0.4, 0.5) is 0 Å². The number of aryl methyl sites for hydroxylation is 1. The number of nitrogens with one attached hydrogen (secondary N) is 1. The average molecular weight is 271 g/mol. The smallest absolute Gasteiger partial charge is 0.238 e. The summed E-state index contributed by atoms with van der Waals surface area (Å²) in [6, 6.07) is 9.73.